The number of aryl methyl sites for hydroxylation is 3. The Hall–Kier alpha value is -6.38. The summed E-state index contributed by atoms with van der Waals surface area (Å²) >= 11 is 0. The summed E-state index contributed by atoms with van der Waals surface area (Å²) in [6.45, 7) is 7.82. The Morgan fingerprint density at radius 2 is 1.27 bits per heavy atom. The molecule has 2 aliphatic carbocycles. The first-order chi connectivity index (χ1) is 29.0. The standard InChI is InChI=1S/C57H50N2/c1-4-46-43(33-34-58-52-21-11-5-15-38(52)25-26-39-16-6-12-22-53(39)58)35-42-29-31-45(59-54-23-13-7-17-40(54)27-28-41-18-8-14-24-55(41)59)37-49(42)56(46)44-30-32-48-47-19-9-10-20-50(47)57(2,3)51(48)36-44/h4-5,7-15,17-24,29-33,35-37H,6,16,25-28,34H2,1-3H3/b43-33-,46-4+. The molecule has 0 spiro atoms. The van der Waals surface area contributed by atoms with Crippen LogP contribution in [0.5, 0.6) is 0 Å². The number of fused-ring (bicyclic) bond motifs is 7. The quantitative estimate of drug-likeness (QED) is 0.176. The smallest absolute Gasteiger partial charge is 0.0493 e. The minimum absolute atomic E-state index is 0.0959. The Balaban J connectivity index is 1.15. The largest absolute Gasteiger partial charge is 0.337 e. The van der Waals surface area contributed by atoms with Gasteiger partial charge in [0.25, 0.3) is 0 Å². The highest BCUT2D eigenvalue weighted by Gasteiger charge is 2.35. The number of nitrogens with zero attached hydrogens (tertiary/aromatic N) is 2. The lowest BCUT2D eigenvalue weighted by molar-refractivity contribution is 0.660. The fourth-order valence-electron chi connectivity index (χ4n) is 10.8. The maximum absolute atomic E-state index is 2.59. The second-order valence-corrected chi connectivity index (χ2v) is 17.3. The Morgan fingerprint density at radius 1 is 0.610 bits per heavy atom. The third kappa shape index (κ3) is 5.83. The zero-order chi connectivity index (χ0) is 39.7. The molecule has 0 radical (unpaired) electrons. The van der Waals surface area contributed by atoms with E-state index >= 15 is 0 Å². The van der Waals surface area contributed by atoms with E-state index in [9.17, 15) is 0 Å². The first-order valence-electron chi connectivity index (χ1n) is 21.7. The molecule has 0 saturated heterocycles. The second kappa shape index (κ2) is 14.2. The zero-order valence-corrected chi connectivity index (χ0v) is 34.4. The summed E-state index contributed by atoms with van der Waals surface area (Å²) in [5, 5.41) is 5.10. The third-order valence-corrected chi connectivity index (χ3v) is 13.8. The number of anilines is 4. The summed E-state index contributed by atoms with van der Waals surface area (Å²) in [6, 6.07) is 53.0. The van der Waals surface area contributed by atoms with Gasteiger partial charge in [-0.2, -0.15) is 0 Å². The molecule has 0 saturated carbocycles. The third-order valence-electron chi connectivity index (χ3n) is 13.8. The Kier molecular flexibility index (Phi) is 8.59. The fourth-order valence-corrected chi connectivity index (χ4v) is 10.8. The molecule has 2 heterocycles. The number of benzene rings is 7. The van der Waals surface area contributed by atoms with Crippen molar-refractivity contribution in [3.8, 4) is 22.3 Å². The number of para-hydroxylation sites is 3. The van der Waals surface area contributed by atoms with Gasteiger partial charge in [-0.25, -0.2) is 0 Å². The molecule has 0 aromatic heterocycles. The van der Waals surface area contributed by atoms with Gasteiger partial charge in [-0.1, -0.05) is 129 Å². The molecule has 4 aliphatic rings. The summed E-state index contributed by atoms with van der Waals surface area (Å²) in [5.41, 5.74) is 20.3. The van der Waals surface area contributed by atoms with Crippen molar-refractivity contribution in [2.45, 2.75) is 64.7 Å². The van der Waals surface area contributed by atoms with E-state index in [0.717, 1.165) is 45.1 Å². The van der Waals surface area contributed by atoms with Crippen LogP contribution >= 0.6 is 0 Å². The van der Waals surface area contributed by atoms with Gasteiger partial charge in [0.2, 0.25) is 0 Å². The Bertz CT molecular complexity index is 2980. The van der Waals surface area contributed by atoms with Crippen molar-refractivity contribution >= 4 is 45.7 Å². The maximum Gasteiger partial charge on any atom is 0.0493 e. The molecule has 0 atom stereocenters. The summed E-state index contributed by atoms with van der Waals surface area (Å²) < 4.78 is 0. The van der Waals surface area contributed by atoms with Gasteiger partial charge in [-0.15, -0.1) is 0 Å². The van der Waals surface area contributed by atoms with Gasteiger partial charge < -0.3 is 9.80 Å². The first-order valence-corrected chi connectivity index (χ1v) is 21.7. The van der Waals surface area contributed by atoms with Gasteiger partial charge >= 0.3 is 0 Å². The Labute approximate surface area is 348 Å². The molecule has 0 N–H and O–H groups in total. The molecule has 2 heteroatoms. The van der Waals surface area contributed by atoms with Crippen LogP contribution in [-0.4, -0.2) is 6.54 Å². The maximum atomic E-state index is 2.59. The van der Waals surface area contributed by atoms with E-state index in [1.165, 1.54) is 99.7 Å². The van der Waals surface area contributed by atoms with Gasteiger partial charge in [0.15, 0.2) is 0 Å². The van der Waals surface area contributed by atoms with Gasteiger partial charge in [0.05, 0.1) is 0 Å². The monoisotopic (exact) mass is 762 g/mol. The van der Waals surface area contributed by atoms with Gasteiger partial charge in [-0.05, 0) is 171 Å². The average Bonchev–Trinajstić information content (AvgIpc) is 3.39. The van der Waals surface area contributed by atoms with Crippen LogP contribution < -0.4 is 20.2 Å². The van der Waals surface area contributed by atoms with Crippen LogP contribution in [0.1, 0.15) is 67.9 Å². The van der Waals surface area contributed by atoms with Gasteiger partial charge in [0, 0.05) is 40.4 Å². The molecule has 0 unspecified atom stereocenters. The van der Waals surface area contributed by atoms with Crippen molar-refractivity contribution < 1.29 is 0 Å². The molecule has 2 nitrogen and oxygen atoms in total. The normalized spacial score (nSPS) is 16.9. The van der Waals surface area contributed by atoms with E-state index < -0.39 is 0 Å². The molecule has 59 heavy (non-hydrogen) atoms. The molecular weight excluding hydrogens is 713 g/mol. The van der Waals surface area contributed by atoms with E-state index in [4.69, 9.17) is 0 Å². The van der Waals surface area contributed by atoms with Crippen LogP contribution in [0.3, 0.4) is 0 Å². The first kappa shape index (κ1) is 35.8. The van der Waals surface area contributed by atoms with Crippen molar-refractivity contribution in [1.29, 1.82) is 0 Å². The average molecular weight is 763 g/mol. The molecule has 0 amide bonds. The predicted molar refractivity (Wildman–Crippen MR) is 250 cm³/mol. The van der Waals surface area contributed by atoms with Crippen molar-refractivity contribution in [1.82, 2.24) is 0 Å². The summed E-state index contributed by atoms with van der Waals surface area (Å²) in [7, 11) is 0. The van der Waals surface area contributed by atoms with Crippen molar-refractivity contribution in [3.05, 3.63) is 201 Å². The lowest BCUT2D eigenvalue weighted by atomic mass is 9.81. The summed E-state index contributed by atoms with van der Waals surface area (Å²) in [5.74, 6) is 0. The van der Waals surface area contributed by atoms with Crippen LogP contribution in [0, 0.1) is 0 Å². The molecule has 0 fully saturated rings. The highest BCUT2D eigenvalue weighted by Crippen LogP contribution is 2.50. The Morgan fingerprint density at radius 3 is 2.03 bits per heavy atom. The van der Waals surface area contributed by atoms with Gasteiger partial charge in [0.1, 0.15) is 0 Å². The number of hydrogen-bond donors (Lipinski definition) is 0. The van der Waals surface area contributed by atoms with Crippen molar-refractivity contribution in [2.75, 3.05) is 16.3 Å². The SMILES string of the molecule is C/C=c1/c(-c2ccc3c(c2)C(C)(C)c2ccccc2-3)c2cc(N3c4ccccc4CCc4ccccc43)ccc2c/c1=C/CN1C2=C(CCC=C2)CCc2ccccc21. The van der Waals surface area contributed by atoms with Crippen LogP contribution in [0.15, 0.2) is 163 Å². The molecule has 7 aromatic carbocycles. The van der Waals surface area contributed by atoms with Crippen molar-refractivity contribution in [3.63, 3.8) is 0 Å². The van der Waals surface area contributed by atoms with Crippen LogP contribution in [-0.2, 0) is 24.7 Å². The highest BCUT2D eigenvalue weighted by molar-refractivity contribution is 6.01. The molecule has 2 aliphatic heterocycles. The minimum Gasteiger partial charge on any atom is -0.337 e. The number of allylic oxidation sites excluding steroid dienone is 3. The fraction of sp³-hybridized carbons (Fsp3) is 0.193. The minimum atomic E-state index is -0.0959. The van der Waals surface area contributed by atoms with Crippen LogP contribution in [0.4, 0.5) is 22.7 Å². The van der Waals surface area contributed by atoms with E-state index in [0.29, 0.717) is 0 Å². The summed E-state index contributed by atoms with van der Waals surface area (Å²) in [4.78, 5) is 5.10. The molecular formula is C57H50N2. The lowest BCUT2D eigenvalue weighted by Gasteiger charge is -2.28. The number of hydrogen-bond acceptors (Lipinski definition) is 2. The van der Waals surface area contributed by atoms with E-state index in [2.05, 4.69) is 194 Å². The van der Waals surface area contributed by atoms with Gasteiger partial charge in [-0.3, -0.25) is 0 Å². The number of rotatable bonds is 4. The van der Waals surface area contributed by atoms with E-state index in [1.54, 1.807) is 5.57 Å². The molecule has 0 bridgehead atoms. The molecule has 7 aromatic rings. The van der Waals surface area contributed by atoms with Crippen molar-refractivity contribution in [2.24, 2.45) is 0 Å². The lowest BCUT2D eigenvalue weighted by Crippen LogP contribution is -2.31. The molecule has 11 rings (SSSR count). The van der Waals surface area contributed by atoms with E-state index in [1.807, 2.05) is 0 Å². The van der Waals surface area contributed by atoms with E-state index in [-0.39, 0.29) is 5.41 Å². The van der Waals surface area contributed by atoms with Crippen LogP contribution in [0.2, 0.25) is 0 Å². The zero-order valence-electron chi connectivity index (χ0n) is 34.4. The predicted octanol–water partition coefficient (Wildman–Crippen LogP) is 13.0. The summed E-state index contributed by atoms with van der Waals surface area (Å²) in [6.07, 6.45) is 16.2. The molecule has 288 valence electrons. The topological polar surface area (TPSA) is 6.48 Å². The van der Waals surface area contributed by atoms with Crippen LogP contribution in [0.25, 0.3) is 45.2 Å². The highest BCUT2D eigenvalue weighted by atomic mass is 15.2. The second-order valence-electron chi connectivity index (χ2n) is 17.3.